The van der Waals surface area contributed by atoms with Gasteiger partial charge in [-0.05, 0) is 83.9 Å². The first-order valence-corrected chi connectivity index (χ1v) is 17.5. The Hall–Kier alpha value is -6.84. The molecule has 3 heteroatoms. The summed E-state index contributed by atoms with van der Waals surface area (Å²) in [5.41, 5.74) is 13.2. The molecule has 238 valence electrons. The second-order valence-electron chi connectivity index (χ2n) is 13.4. The molecule has 11 aromatic rings. The topological polar surface area (TPSA) is 14.8 Å². The van der Waals surface area contributed by atoms with E-state index in [1.807, 2.05) is 0 Å². The molecule has 0 aliphatic carbocycles. The van der Waals surface area contributed by atoms with Gasteiger partial charge < -0.3 is 13.7 Å². The first kappa shape index (κ1) is 28.0. The summed E-state index contributed by atoms with van der Waals surface area (Å²) in [6, 6.07) is 68.4. The number of para-hydroxylation sites is 5. The van der Waals surface area contributed by atoms with E-state index in [9.17, 15) is 0 Å². The zero-order chi connectivity index (χ0) is 33.5. The molecule has 0 aliphatic heterocycles. The van der Waals surface area contributed by atoms with Crippen LogP contribution in [0.3, 0.4) is 0 Å². The molecule has 51 heavy (non-hydrogen) atoms. The Morgan fingerprint density at radius 2 is 0.686 bits per heavy atom. The van der Waals surface area contributed by atoms with Gasteiger partial charge in [0.2, 0.25) is 0 Å². The van der Waals surface area contributed by atoms with Crippen molar-refractivity contribution in [2.75, 3.05) is 0 Å². The van der Waals surface area contributed by atoms with Crippen LogP contribution in [-0.4, -0.2) is 13.7 Å². The first-order chi connectivity index (χ1) is 25.3. The Labute approximate surface area is 294 Å². The first-order valence-electron chi connectivity index (χ1n) is 17.5. The second-order valence-corrected chi connectivity index (χ2v) is 13.4. The highest BCUT2D eigenvalue weighted by Crippen LogP contribution is 2.41. The molecule has 11 rings (SSSR count). The van der Waals surface area contributed by atoms with Crippen molar-refractivity contribution in [3.05, 3.63) is 188 Å². The molecule has 0 radical (unpaired) electrons. The van der Waals surface area contributed by atoms with Gasteiger partial charge in [-0.3, -0.25) is 0 Å². The lowest BCUT2D eigenvalue weighted by Gasteiger charge is -2.13. The normalized spacial score (nSPS) is 11.9. The standard InChI is InChI=1S/C48H31N3/c1-2-14-33(15-3-1)49-45-26-11-7-21-40(45)48-36(22-13-27-47(48)49)32-28-29-46-41(30-32)39-20-6-10-25-44(39)51(46)35-17-12-16-34(31-35)50-42-23-8-4-18-37(42)38-19-5-9-24-43(38)50/h1-31H. The summed E-state index contributed by atoms with van der Waals surface area (Å²) in [5.74, 6) is 0. The minimum Gasteiger partial charge on any atom is -0.309 e. The monoisotopic (exact) mass is 649 g/mol. The van der Waals surface area contributed by atoms with E-state index in [-0.39, 0.29) is 0 Å². The van der Waals surface area contributed by atoms with E-state index in [2.05, 4.69) is 202 Å². The van der Waals surface area contributed by atoms with E-state index in [0.29, 0.717) is 0 Å². The van der Waals surface area contributed by atoms with Gasteiger partial charge in [-0.25, -0.2) is 0 Å². The average Bonchev–Trinajstić information content (AvgIpc) is 3.84. The van der Waals surface area contributed by atoms with Crippen molar-refractivity contribution in [2.24, 2.45) is 0 Å². The fourth-order valence-electron chi connectivity index (χ4n) is 8.51. The van der Waals surface area contributed by atoms with Gasteiger partial charge in [0.25, 0.3) is 0 Å². The van der Waals surface area contributed by atoms with Gasteiger partial charge >= 0.3 is 0 Å². The number of nitrogens with zero attached hydrogens (tertiary/aromatic N) is 3. The molecule has 0 saturated carbocycles. The van der Waals surface area contributed by atoms with Crippen LogP contribution in [0.1, 0.15) is 0 Å². The van der Waals surface area contributed by atoms with Crippen molar-refractivity contribution in [3.63, 3.8) is 0 Å². The Morgan fingerprint density at radius 3 is 1.31 bits per heavy atom. The van der Waals surface area contributed by atoms with E-state index in [1.165, 1.54) is 82.2 Å². The van der Waals surface area contributed by atoms with Crippen LogP contribution in [0.25, 0.3) is 93.6 Å². The van der Waals surface area contributed by atoms with Crippen LogP contribution in [0.5, 0.6) is 0 Å². The number of benzene rings is 8. The van der Waals surface area contributed by atoms with Crippen LogP contribution >= 0.6 is 0 Å². The van der Waals surface area contributed by atoms with E-state index >= 15 is 0 Å². The third kappa shape index (κ3) is 4.06. The van der Waals surface area contributed by atoms with Gasteiger partial charge in [0, 0.05) is 49.4 Å². The van der Waals surface area contributed by atoms with Crippen molar-refractivity contribution >= 4 is 65.4 Å². The summed E-state index contributed by atoms with van der Waals surface area (Å²) in [6.45, 7) is 0. The molecule has 0 fully saturated rings. The molecule has 3 heterocycles. The van der Waals surface area contributed by atoms with Crippen LogP contribution < -0.4 is 0 Å². The molecule has 0 spiro atoms. The SMILES string of the molecule is c1ccc(-n2c3ccccc3c3c(-c4ccc5c(c4)c4ccccc4n5-c4cccc(-n5c6ccccc6c6ccccc65)c4)cccc32)cc1. The Morgan fingerprint density at radius 1 is 0.255 bits per heavy atom. The highest BCUT2D eigenvalue weighted by atomic mass is 15.0. The average molecular weight is 650 g/mol. The molecule has 0 saturated heterocycles. The van der Waals surface area contributed by atoms with Crippen molar-refractivity contribution < 1.29 is 0 Å². The molecule has 0 aliphatic rings. The minimum atomic E-state index is 1.14. The van der Waals surface area contributed by atoms with Crippen LogP contribution in [0.4, 0.5) is 0 Å². The zero-order valence-electron chi connectivity index (χ0n) is 27.7. The van der Waals surface area contributed by atoms with Crippen LogP contribution in [0.2, 0.25) is 0 Å². The Balaban J connectivity index is 1.13. The van der Waals surface area contributed by atoms with Gasteiger partial charge in [-0.1, -0.05) is 115 Å². The summed E-state index contributed by atoms with van der Waals surface area (Å²) in [7, 11) is 0. The van der Waals surface area contributed by atoms with Crippen LogP contribution in [0, 0.1) is 0 Å². The van der Waals surface area contributed by atoms with Gasteiger partial charge in [-0.2, -0.15) is 0 Å². The molecule has 8 aromatic carbocycles. The number of fused-ring (bicyclic) bond motifs is 9. The lowest BCUT2D eigenvalue weighted by molar-refractivity contribution is 1.13. The van der Waals surface area contributed by atoms with Gasteiger partial charge in [-0.15, -0.1) is 0 Å². The molecular weight excluding hydrogens is 619 g/mol. The Bertz CT molecular complexity index is 3080. The lowest BCUT2D eigenvalue weighted by Crippen LogP contribution is -1.98. The van der Waals surface area contributed by atoms with E-state index in [1.54, 1.807) is 0 Å². The maximum absolute atomic E-state index is 2.42. The predicted molar refractivity (Wildman–Crippen MR) is 215 cm³/mol. The number of hydrogen-bond donors (Lipinski definition) is 0. The molecule has 0 atom stereocenters. The summed E-state index contributed by atoms with van der Waals surface area (Å²) in [4.78, 5) is 0. The van der Waals surface area contributed by atoms with Crippen molar-refractivity contribution in [2.45, 2.75) is 0 Å². The molecule has 0 bridgehead atoms. The lowest BCUT2D eigenvalue weighted by atomic mass is 9.98. The minimum absolute atomic E-state index is 1.14. The highest BCUT2D eigenvalue weighted by molar-refractivity contribution is 6.17. The molecule has 3 aromatic heterocycles. The van der Waals surface area contributed by atoms with Gasteiger partial charge in [0.05, 0.1) is 33.1 Å². The summed E-state index contributed by atoms with van der Waals surface area (Å²) < 4.78 is 7.21. The third-order valence-electron chi connectivity index (χ3n) is 10.6. The van der Waals surface area contributed by atoms with Gasteiger partial charge in [0.15, 0.2) is 0 Å². The maximum Gasteiger partial charge on any atom is 0.0547 e. The maximum atomic E-state index is 2.42. The molecule has 0 N–H and O–H groups in total. The van der Waals surface area contributed by atoms with Crippen LogP contribution in [-0.2, 0) is 0 Å². The highest BCUT2D eigenvalue weighted by Gasteiger charge is 2.19. The van der Waals surface area contributed by atoms with Crippen molar-refractivity contribution in [3.8, 4) is 28.2 Å². The third-order valence-corrected chi connectivity index (χ3v) is 10.6. The Kier molecular flexibility index (Phi) is 5.96. The van der Waals surface area contributed by atoms with Crippen molar-refractivity contribution in [1.29, 1.82) is 0 Å². The van der Waals surface area contributed by atoms with E-state index in [4.69, 9.17) is 0 Å². The second kappa shape index (κ2) is 10.8. The zero-order valence-corrected chi connectivity index (χ0v) is 27.7. The predicted octanol–water partition coefficient (Wildman–Crippen LogP) is 12.6. The fourth-order valence-corrected chi connectivity index (χ4v) is 8.51. The number of aromatic nitrogens is 3. The number of hydrogen-bond acceptors (Lipinski definition) is 0. The van der Waals surface area contributed by atoms with Gasteiger partial charge in [0.1, 0.15) is 0 Å². The van der Waals surface area contributed by atoms with E-state index in [0.717, 1.165) is 11.4 Å². The fraction of sp³-hybridized carbons (Fsp3) is 0. The molecule has 3 nitrogen and oxygen atoms in total. The number of rotatable bonds is 4. The molecule has 0 amide bonds. The molecule has 0 unspecified atom stereocenters. The molecular formula is C48H31N3. The summed E-state index contributed by atoms with van der Waals surface area (Å²) >= 11 is 0. The quantitative estimate of drug-likeness (QED) is 0.180. The van der Waals surface area contributed by atoms with Crippen LogP contribution in [0.15, 0.2) is 188 Å². The smallest absolute Gasteiger partial charge is 0.0547 e. The van der Waals surface area contributed by atoms with E-state index < -0.39 is 0 Å². The largest absolute Gasteiger partial charge is 0.309 e. The summed E-state index contributed by atoms with van der Waals surface area (Å²) in [6.07, 6.45) is 0. The van der Waals surface area contributed by atoms with Crippen molar-refractivity contribution in [1.82, 2.24) is 13.7 Å². The summed E-state index contributed by atoms with van der Waals surface area (Å²) in [5, 5.41) is 7.56.